The van der Waals surface area contributed by atoms with Gasteiger partial charge in [-0.25, -0.2) is 0 Å². The van der Waals surface area contributed by atoms with Crippen LogP contribution in [0, 0.1) is 0 Å². The molecule has 1 atom stereocenters. The average molecular weight is 320 g/mol. The molecule has 5 heteroatoms. The van der Waals surface area contributed by atoms with E-state index in [1.165, 1.54) is 15.3 Å². The first kappa shape index (κ1) is 14.8. The predicted molar refractivity (Wildman–Crippen MR) is 89.1 cm³/mol. The van der Waals surface area contributed by atoms with Crippen molar-refractivity contribution in [3.8, 4) is 0 Å². The largest absolute Gasteiger partial charge is 0.349 e. The van der Waals surface area contributed by atoms with Gasteiger partial charge in [0.05, 0.1) is 6.04 Å². The minimum absolute atomic E-state index is 0.205. The molecule has 1 aliphatic heterocycles. The molecular weight excluding hydrogens is 300 g/mol. The molecule has 0 unspecified atom stereocenters. The van der Waals surface area contributed by atoms with Gasteiger partial charge in [0, 0.05) is 43.4 Å². The molecule has 2 aromatic heterocycles. The van der Waals surface area contributed by atoms with Crippen molar-refractivity contribution >= 4 is 28.6 Å². The van der Waals surface area contributed by atoms with E-state index in [9.17, 15) is 4.79 Å². The second-order valence-electron chi connectivity index (χ2n) is 5.54. The van der Waals surface area contributed by atoms with E-state index < -0.39 is 0 Å². The Morgan fingerprint density at radius 3 is 2.90 bits per heavy atom. The topological polar surface area (TPSA) is 23.6 Å². The number of hydrogen-bond acceptors (Lipinski definition) is 4. The molecule has 3 heterocycles. The second-order valence-corrected chi connectivity index (χ2v) is 7.52. The highest BCUT2D eigenvalue weighted by Crippen LogP contribution is 2.39. The molecule has 0 radical (unpaired) electrons. The third kappa shape index (κ3) is 3.05. The van der Waals surface area contributed by atoms with Crippen LogP contribution in [-0.4, -0.2) is 42.9 Å². The number of rotatable bonds is 4. The van der Waals surface area contributed by atoms with Crippen molar-refractivity contribution in [2.45, 2.75) is 18.9 Å². The number of fused-ring (bicyclic) bond motifs is 1. The Morgan fingerprint density at radius 1 is 1.33 bits per heavy atom. The predicted octanol–water partition coefficient (Wildman–Crippen LogP) is 3.24. The smallest absolute Gasteiger partial charge is 0.223 e. The summed E-state index contributed by atoms with van der Waals surface area (Å²) < 4.78 is 0. The van der Waals surface area contributed by atoms with Crippen molar-refractivity contribution in [3.05, 3.63) is 44.3 Å². The van der Waals surface area contributed by atoms with Crippen molar-refractivity contribution in [2.24, 2.45) is 0 Å². The lowest BCUT2D eigenvalue weighted by Gasteiger charge is -2.35. The Labute approximate surface area is 133 Å². The second kappa shape index (κ2) is 6.30. The van der Waals surface area contributed by atoms with Gasteiger partial charge in [0.15, 0.2) is 0 Å². The van der Waals surface area contributed by atoms with E-state index >= 15 is 0 Å². The van der Waals surface area contributed by atoms with Crippen LogP contribution in [-0.2, 0) is 11.2 Å². The molecule has 0 spiro atoms. The Kier molecular flexibility index (Phi) is 4.42. The van der Waals surface area contributed by atoms with Gasteiger partial charge in [0.25, 0.3) is 0 Å². The molecule has 0 fully saturated rings. The number of hydrogen-bond donors (Lipinski definition) is 0. The molecule has 0 aliphatic carbocycles. The van der Waals surface area contributed by atoms with Crippen LogP contribution in [0.25, 0.3) is 0 Å². The maximum atomic E-state index is 11.9. The Morgan fingerprint density at radius 2 is 2.19 bits per heavy atom. The summed E-state index contributed by atoms with van der Waals surface area (Å²) in [5, 5.41) is 4.33. The summed E-state index contributed by atoms with van der Waals surface area (Å²) in [5.74, 6) is 0.205. The van der Waals surface area contributed by atoms with E-state index in [2.05, 4.69) is 33.9 Å². The van der Waals surface area contributed by atoms with Crippen molar-refractivity contribution in [2.75, 3.05) is 27.2 Å². The summed E-state index contributed by atoms with van der Waals surface area (Å²) in [7, 11) is 3.65. The molecule has 0 saturated heterocycles. The van der Waals surface area contributed by atoms with E-state index in [1.54, 1.807) is 4.90 Å². The summed E-state index contributed by atoms with van der Waals surface area (Å²) in [6, 6.07) is 6.91. The molecule has 0 bridgehead atoms. The van der Waals surface area contributed by atoms with Gasteiger partial charge in [-0.1, -0.05) is 6.07 Å². The van der Waals surface area contributed by atoms with E-state index in [0.717, 1.165) is 19.5 Å². The van der Waals surface area contributed by atoms with Crippen LogP contribution in [0.2, 0.25) is 0 Å². The maximum absolute atomic E-state index is 11.9. The third-order valence-electron chi connectivity index (χ3n) is 3.99. The lowest BCUT2D eigenvalue weighted by Crippen LogP contribution is -2.37. The molecule has 0 N–H and O–H groups in total. The van der Waals surface area contributed by atoms with Crippen molar-refractivity contribution in [1.29, 1.82) is 0 Å². The van der Waals surface area contributed by atoms with Gasteiger partial charge in [-0.3, -0.25) is 9.69 Å². The number of carbonyl (C=O) groups is 1. The van der Waals surface area contributed by atoms with E-state index in [-0.39, 0.29) is 5.91 Å². The minimum atomic E-state index is 0.205. The van der Waals surface area contributed by atoms with Crippen LogP contribution < -0.4 is 0 Å². The van der Waals surface area contributed by atoms with Crippen LogP contribution in [0.1, 0.15) is 27.8 Å². The molecule has 1 aliphatic rings. The highest BCUT2D eigenvalue weighted by molar-refractivity contribution is 7.10. The van der Waals surface area contributed by atoms with Crippen LogP contribution >= 0.6 is 22.7 Å². The Hall–Kier alpha value is -1.17. The molecule has 0 saturated carbocycles. The van der Waals surface area contributed by atoms with Gasteiger partial charge in [0.1, 0.15) is 0 Å². The minimum Gasteiger partial charge on any atom is -0.349 e. The number of thiophene rings is 2. The molecule has 3 nitrogen and oxygen atoms in total. The van der Waals surface area contributed by atoms with E-state index in [0.29, 0.717) is 12.5 Å². The zero-order valence-corrected chi connectivity index (χ0v) is 14.0. The van der Waals surface area contributed by atoms with Gasteiger partial charge in [0.2, 0.25) is 5.91 Å². The fourth-order valence-electron chi connectivity index (χ4n) is 2.85. The summed E-state index contributed by atoms with van der Waals surface area (Å²) in [5.41, 5.74) is 1.44. The summed E-state index contributed by atoms with van der Waals surface area (Å²) in [6.07, 6.45) is 1.69. The van der Waals surface area contributed by atoms with Gasteiger partial charge in [-0.15, -0.1) is 22.7 Å². The number of carbonyl (C=O) groups excluding carboxylic acids is 1. The molecule has 1 amide bonds. The Balaban J connectivity index is 1.81. The quantitative estimate of drug-likeness (QED) is 0.863. The first-order chi connectivity index (χ1) is 10.2. The van der Waals surface area contributed by atoms with Crippen LogP contribution in [0.5, 0.6) is 0 Å². The van der Waals surface area contributed by atoms with E-state index in [1.807, 2.05) is 36.8 Å². The molecule has 0 aromatic carbocycles. The van der Waals surface area contributed by atoms with Crippen molar-refractivity contribution in [1.82, 2.24) is 9.80 Å². The van der Waals surface area contributed by atoms with Crippen LogP contribution in [0.15, 0.2) is 29.0 Å². The summed E-state index contributed by atoms with van der Waals surface area (Å²) in [6.45, 7) is 1.87. The average Bonchev–Trinajstić information content (AvgIpc) is 3.14. The Bertz CT molecular complexity index is 604. The van der Waals surface area contributed by atoms with Crippen molar-refractivity contribution < 1.29 is 4.79 Å². The van der Waals surface area contributed by atoms with E-state index in [4.69, 9.17) is 0 Å². The highest BCUT2D eigenvalue weighted by Gasteiger charge is 2.30. The lowest BCUT2D eigenvalue weighted by atomic mass is 9.98. The fourth-order valence-corrected chi connectivity index (χ4v) is 4.63. The zero-order valence-electron chi connectivity index (χ0n) is 12.4. The summed E-state index contributed by atoms with van der Waals surface area (Å²) in [4.78, 5) is 18.9. The van der Waals surface area contributed by atoms with Crippen LogP contribution in [0.3, 0.4) is 0 Å². The van der Waals surface area contributed by atoms with Gasteiger partial charge in [-0.2, -0.15) is 0 Å². The first-order valence-electron chi connectivity index (χ1n) is 7.20. The van der Waals surface area contributed by atoms with Gasteiger partial charge in [-0.05, 0) is 34.9 Å². The SMILES string of the molecule is CN(C)C(=O)CCN1CCc2sccc2[C@H]1c1cccs1. The molecule has 3 rings (SSSR count). The molecule has 2 aromatic rings. The van der Waals surface area contributed by atoms with Gasteiger partial charge >= 0.3 is 0 Å². The van der Waals surface area contributed by atoms with Gasteiger partial charge < -0.3 is 4.90 Å². The normalized spacial score (nSPS) is 18.5. The number of amides is 1. The lowest BCUT2D eigenvalue weighted by molar-refractivity contribution is -0.129. The monoisotopic (exact) mass is 320 g/mol. The fraction of sp³-hybridized carbons (Fsp3) is 0.438. The van der Waals surface area contributed by atoms with Crippen LogP contribution in [0.4, 0.5) is 0 Å². The third-order valence-corrected chi connectivity index (χ3v) is 5.91. The molecular formula is C16H20N2OS2. The first-order valence-corrected chi connectivity index (χ1v) is 8.96. The number of nitrogens with zero attached hydrogens (tertiary/aromatic N) is 2. The van der Waals surface area contributed by atoms with Crippen molar-refractivity contribution in [3.63, 3.8) is 0 Å². The standard InChI is InChI=1S/C16H20N2OS2/c1-17(2)15(19)6-9-18-8-5-13-12(7-11-21-13)16(18)14-4-3-10-20-14/h3-4,7,10-11,16H,5-6,8-9H2,1-2H3/t16-/m0/s1. The highest BCUT2D eigenvalue weighted by atomic mass is 32.1. The maximum Gasteiger partial charge on any atom is 0.223 e. The zero-order chi connectivity index (χ0) is 14.8. The molecule has 112 valence electrons. The summed E-state index contributed by atoms with van der Waals surface area (Å²) >= 11 is 3.67. The molecule has 21 heavy (non-hydrogen) atoms.